The van der Waals surface area contributed by atoms with Gasteiger partial charge in [0.05, 0.1) is 31.0 Å². The van der Waals surface area contributed by atoms with Crippen molar-refractivity contribution in [1.29, 1.82) is 0 Å². The summed E-state index contributed by atoms with van der Waals surface area (Å²) in [6, 6.07) is 1.53. The third-order valence-electron chi connectivity index (χ3n) is 4.92. The molecule has 154 valence electrons. The van der Waals surface area contributed by atoms with Crippen molar-refractivity contribution < 1.29 is 24.2 Å². The maximum atomic E-state index is 12.0. The van der Waals surface area contributed by atoms with Crippen LogP contribution in [0.25, 0.3) is 0 Å². The smallest absolute Gasteiger partial charge is 0.223 e. The van der Waals surface area contributed by atoms with Crippen LogP contribution in [0.3, 0.4) is 0 Å². The van der Waals surface area contributed by atoms with Crippen LogP contribution in [0.15, 0.2) is 12.3 Å². The molecule has 9 nitrogen and oxygen atoms in total. The fourth-order valence-electron chi connectivity index (χ4n) is 3.43. The lowest BCUT2D eigenvalue weighted by Crippen LogP contribution is -2.44. The molecular weight excluding hydrogens is 364 g/mol. The molecule has 3 heterocycles. The molecule has 4 atom stereocenters. The summed E-state index contributed by atoms with van der Waals surface area (Å²) in [7, 11) is 0. The summed E-state index contributed by atoms with van der Waals surface area (Å²) in [4.78, 5) is 31.3. The minimum atomic E-state index is -1.15. The van der Waals surface area contributed by atoms with Crippen molar-refractivity contribution in [1.82, 2.24) is 15.3 Å². The maximum Gasteiger partial charge on any atom is 0.223 e. The van der Waals surface area contributed by atoms with Crippen LogP contribution in [-0.2, 0) is 24.5 Å². The lowest BCUT2D eigenvalue weighted by molar-refractivity contribution is -0.305. The fraction of sp³-hybridized carbons (Fsp3) is 0.684. The summed E-state index contributed by atoms with van der Waals surface area (Å²) in [6.07, 6.45) is 1.52. The number of amides is 1. The summed E-state index contributed by atoms with van der Waals surface area (Å²) in [5.74, 6) is -0.834. The summed E-state index contributed by atoms with van der Waals surface area (Å²) in [6.45, 7) is 7.05. The molecule has 0 aliphatic carbocycles. The van der Waals surface area contributed by atoms with Crippen molar-refractivity contribution in [2.24, 2.45) is 0 Å². The largest absolute Gasteiger partial charge is 0.550 e. The number of aliphatic carboxylic acids is 1. The SMILES string of the molecule is CC(C)(C)c1ccnc(N[C@H]2CO[C@H]3[C@@H]2OC[C@@H]3NC(=O)CCCC(=O)[O-])n1. The molecule has 1 amide bonds. The van der Waals surface area contributed by atoms with Gasteiger partial charge in [-0.15, -0.1) is 0 Å². The highest BCUT2D eigenvalue weighted by molar-refractivity contribution is 5.77. The number of hydrogen-bond acceptors (Lipinski definition) is 8. The molecule has 0 radical (unpaired) electrons. The van der Waals surface area contributed by atoms with Crippen LogP contribution in [0.1, 0.15) is 45.7 Å². The van der Waals surface area contributed by atoms with Crippen LogP contribution in [0, 0.1) is 0 Å². The molecule has 1 aromatic heterocycles. The monoisotopic (exact) mass is 391 g/mol. The van der Waals surface area contributed by atoms with Gasteiger partial charge >= 0.3 is 0 Å². The van der Waals surface area contributed by atoms with E-state index in [1.54, 1.807) is 6.20 Å². The molecule has 9 heteroatoms. The number of nitrogens with one attached hydrogen (secondary N) is 2. The molecule has 2 saturated heterocycles. The number of aromatic nitrogens is 2. The molecule has 0 saturated carbocycles. The second kappa shape index (κ2) is 8.40. The third-order valence-corrected chi connectivity index (χ3v) is 4.92. The number of nitrogens with zero attached hydrogens (tertiary/aromatic N) is 2. The van der Waals surface area contributed by atoms with E-state index >= 15 is 0 Å². The number of rotatable bonds is 7. The van der Waals surface area contributed by atoms with Crippen LogP contribution in [0.5, 0.6) is 0 Å². The molecule has 28 heavy (non-hydrogen) atoms. The van der Waals surface area contributed by atoms with E-state index in [0.717, 1.165) is 5.69 Å². The number of carbonyl (C=O) groups is 2. The molecule has 0 bridgehead atoms. The molecule has 2 fully saturated rings. The van der Waals surface area contributed by atoms with Crippen LogP contribution in [0.2, 0.25) is 0 Å². The van der Waals surface area contributed by atoms with Gasteiger partial charge in [0.15, 0.2) is 0 Å². The normalized spacial score (nSPS) is 26.7. The maximum absolute atomic E-state index is 12.0. The highest BCUT2D eigenvalue weighted by Gasteiger charge is 2.48. The van der Waals surface area contributed by atoms with Gasteiger partial charge in [-0.05, 0) is 18.9 Å². The molecule has 3 rings (SSSR count). The van der Waals surface area contributed by atoms with Gasteiger partial charge in [0.2, 0.25) is 11.9 Å². The molecular formula is C19H27N4O5-. The zero-order valence-corrected chi connectivity index (χ0v) is 16.4. The number of carboxylic acids is 1. The van der Waals surface area contributed by atoms with E-state index in [9.17, 15) is 14.7 Å². The predicted molar refractivity (Wildman–Crippen MR) is 98.4 cm³/mol. The van der Waals surface area contributed by atoms with Crippen LogP contribution >= 0.6 is 0 Å². The first kappa shape index (κ1) is 20.5. The number of fused-ring (bicyclic) bond motifs is 1. The van der Waals surface area contributed by atoms with Crippen molar-refractivity contribution in [2.75, 3.05) is 18.5 Å². The average molecular weight is 391 g/mol. The average Bonchev–Trinajstić information content (AvgIpc) is 3.18. The lowest BCUT2D eigenvalue weighted by atomic mass is 9.92. The minimum Gasteiger partial charge on any atom is -0.550 e. The Morgan fingerprint density at radius 2 is 1.86 bits per heavy atom. The Morgan fingerprint density at radius 1 is 1.18 bits per heavy atom. The standard InChI is InChI=1S/C19H28N4O5/c1-19(2,3)13-7-8-20-18(23-13)22-12-10-28-16-11(9-27-17(12)16)21-14(24)5-4-6-15(25)26/h7-8,11-12,16-17H,4-6,9-10H2,1-3H3,(H,21,24)(H,25,26)(H,20,22,23)/p-1/t11-,12-,16+,17+/m0/s1. The van der Waals surface area contributed by atoms with Crippen LogP contribution < -0.4 is 15.7 Å². The van der Waals surface area contributed by atoms with Crippen molar-refractivity contribution in [3.05, 3.63) is 18.0 Å². The Labute approximate surface area is 164 Å². The number of hydrogen-bond donors (Lipinski definition) is 2. The molecule has 0 aromatic carbocycles. The van der Waals surface area contributed by atoms with Crippen molar-refractivity contribution in [3.8, 4) is 0 Å². The van der Waals surface area contributed by atoms with E-state index in [4.69, 9.17) is 9.47 Å². The molecule has 2 aliphatic heterocycles. The van der Waals surface area contributed by atoms with E-state index in [2.05, 4.69) is 41.4 Å². The van der Waals surface area contributed by atoms with Gasteiger partial charge in [-0.3, -0.25) is 4.79 Å². The van der Waals surface area contributed by atoms with Crippen molar-refractivity contribution in [3.63, 3.8) is 0 Å². The molecule has 0 unspecified atom stereocenters. The van der Waals surface area contributed by atoms with E-state index in [0.29, 0.717) is 19.2 Å². The van der Waals surface area contributed by atoms with Gasteiger partial charge in [0.1, 0.15) is 12.2 Å². The van der Waals surface area contributed by atoms with Gasteiger partial charge in [-0.2, -0.15) is 0 Å². The Kier molecular flexibility index (Phi) is 6.14. The first-order valence-corrected chi connectivity index (χ1v) is 9.56. The number of carbonyl (C=O) groups excluding carboxylic acids is 2. The quantitative estimate of drug-likeness (QED) is 0.652. The zero-order chi connectivity index (χ0) is 20.3. The zero-order valence-electron chi connectivity index (χ0n) is 16.4. The summed E-state index contributed by atoms with van der Waals surface area (Å²) < 4.78 is 11.7. The summed E-state index contributed by atoms with van der Waals surface area (Å²) in [5.41, 5.74) is 0.860. The lowest BCUT2D eigenvalue weighted by Gasteiger charge is -2.21. The predicted octanol–water partition coefficient (Wildman–Crippen LogP) is -0.243. The number of carboxylic acid groups (broad SMARTS) is 1. The fourth-order valence-corrected chi connectivity index (χ4v) is 3.43. The van der Waals surface area contributed by atoms with Gasteiger partial charge < -0.3 is 30.0 Å². The second-order valence-corrected chi connectivity index (χ2v) is 8.26. The highest BCUT2D eigenvalue weighted by atomic mass is 16.6. The summed E-state index contributed by atoms with van der Waals surface area (Å²) >= 11 is 0. The van der Waals surface area contributed by atoms with Gasteiger partial charge in [-0.1, -0.05) is 20.8 Å². The highest BCUT2D eigenvalue weighted by Crippen LogP contribution is 2.29. The van der Waals surface area contributed by atoms with Crippen LogP contribution in [-0.4, -0.2) is 59.3 Å². The molecule has 1 aromatic rings. The molecule has 2 N–H and O–H groups in total. The van der Waals surface area contributed by atoms with Crippen molar-refractivity contribution in [2.45, 2.75) is 69.7 Å². The Hall–Kier alpha value is -2.26. The second-order valence-electron chi connectivity index (χ2n) is 8.26. The first-order chi connectivity index (χ1) is 13.2. The van der Waals surface area contributed by atoms with Gasteiger partial charge in [-0.25, -0.2) is 9.97 Å². The Balaban J connectivity index is 1.54. The van der Waals surface area contributed by atoms with Crippen molar-refractivity contribution >= 4 is 17.8 Å². The molecule has 0 spiro atoms. The number of ether oxygens (including phenoxy) is 2. The van der Waals surface area contributed by atoms with E-state index < -0.39 is 5.97 Å². The van der Waals surface area contributed by atoms with E-state index in [1.807, 2.05) is 6.07 Å². The van der Waals surface area contributed by atoms with Gasteiger partial charge in [0, 0.05) is 24.0 Å². The topological polar surface area (TPSA) is 126 Å². The van der Waals surface area contributed by atoms with E-state index in [-0.39, 0.29) is 54.9 Å². The number of anilines is 1. The van der Waals surface area contributed by atoms with Gasteiger partial charge in [0.25, 0.3) is 0 Å². The first-order valence-electron chi connectivity index (χ1n) is 9.56. The Morgan fingerprint density at radius 3 is 2.54 bits per heavy atom. The Bertz CT molecular complexity index is 721. The summed E-state index contributed by atoms with van der Waals surface area (Å²) in [5, 5.41) is 16.6. The third kappa shape index (κ3) is 4.96. The minimum absolute atomic E-state index is 0.0793. The molecule has 2 aliphatic rings. The van der Waals surface area contributed by atoms with E-state index in [1.165, 1.54) is 0 Å². The van der Waals surface area contributed by atoms with Crippen LogP contribution in [0.4, 0.5) is 5.95 Å².